The van der Waals surface area contributed by atoms with Crippen LogP contribution in [0.4, 0.5) is 0 Å². The van der Waals surface area contributed by atoms with E-state index >= 15 is 0 Å². The second-order valence-electron chi connectivity index (χ2n) is 9.21. The highest BCUT2D eigenvalue weighted by Crippen LogP contribution is 2.35. The normalized spacial score (nSPS) is 16.6. The second-order valence-corrected chi connectivity index (χ2v) is 10.2. The minimum absolute atomic E-state index is 0.0963. The molecule has 2 aliphatic heterocycles. The molecule has 0 radical (unpaired) electrons. The lowest BCUT2D eigenvalue weighted by atomic mass is 9.94. The monoisotopic (exact) mass is 540 g/mol. The lowest BCUT2D eigenvalue weighted by molar-refractivity contribution is -0.140. The van der Waals surface area contributed by atoms with Gasteiger partial charge >= 0.3 is 5.97 Å². The fraction of sp³-hybridized carbons (Fsp3) is 0.167. The van der Waals surface area contributed by atoms with Crippen LogP contribution < -0.4 is 19.6 Å². The largest absolute Gasteiger partial charge is 0.508 e. The number of phenolic OH excluding ortho intramolecular Hbond substituents is 1. The van der Waals surface area contributed by atoms with E-state index in [0.717, 1.165) is 16.7 Å². The standard InChI is InChI=1S/C30H24N2O6S/c1-18-26(29(35)37-15-20-5-3-2-4-6-20)27(21-9-10-22-16-36-17-38-24(22)14-21)32-28(34)25(39-30(32)31-18)13-19-7-11-23(33)12-8-19/h2-14,27,33H,15-17H2,1H3/b25-13-. The predicted molar refractivity (Wildman–Crippen MR) is 145 cm³/mol. The van der Waals surface area contributed by atoms with Gasteiger partial charge in [-0.15, -0.1) is 0 Å². The van der Waals surface area contributed by atoms with Gasteiger partial charge in [0.2, 0.25) is 0 Å². The van der Waals surface area contributed by atoms with Crippen LogP contribution in [0, 0.1) is 0 Å². The zero-order valence-corrected chi connectivity index (χ0v) is 21.8. The number of aromatic hydroxyl groups is 1. The van der Waals surface area contributed by atoms with Gasteiger partial charge in [0.05, 0.1) is 28.5 Å². The van der Waals surface area contributed by atoms with Crippen molar-refractivity contribution >= 4 is 23.4 Å². The number of hydrogen-bond acceptors (Lipinski definition) is 8. The van der Waals surface area contributed by atoms with Gasteiger partial charge in [-0.2, -0.15) is 0 Å². The Morgan fingerprint density at radius 1 is 1.15 bits per heavy atom. The van der Waals surface area contributed by atoms with E-state index in [0.29, 0.717) is 38.5 Å². The predicted octanol–water partition coefficient (Wildman–Crippen LogP) is 3.55. The first-order chi connectivity index (χ1) is 19.0. The fourth-order valence-corrected chi connectivity index (χ4v) is 5.72. The molecule has 196 valence electrons. The molecule has 0 saturated heterocycles. The summed E-state index contributed by atoms with van der Waals surface area (Å²) < 4.78 is 18.8. The first-order valence-corrected chi connectivity index (χ1v) is 13.2. The molecule has 1 aromatic heterocycles. The van der Waals surface area contributed by atoms with Crippen molar-refractivity contribution in [3.63, 3.8) is 0 Å². The van der Waals surface area contributed by atoms with E-state index in [4.69, 9.17) is 14.2 Å². The Labute approximate surface area is 227 Å². The third-order valence-electron chi connectivity index (χ3n) is 6.61. The molecule has 3 heterocycles. The number of fused-ring (bicyclic) bond motifs is 2. The van der Waals surface area contributed by atoms with Crippen molar-refractivity contribution in [3.05, 3.63) is 126 Å². The number of esters is 1. The molecule has 8 nitrogen and oxygen atoms in total. The van der Waals surface area contributed by atoms with Crippen LogP contribution in [-0.4, -0.2) is 22.4 Å². The van der Waals surface area contributed by atoms with Crippen molar-refractivity contribution in [2.75, 3.05) is 6.79 Å². The van der Waals surface area contributed by atoms with Crippen LogP contribution >= 0.6 is 11.3 Å². The summed E-state index contributed by atoms with van der Waals surface area (Å²) in [7, 11) is 0. The number of hydrogen-bond donors (Lipinski definition) is 1. The Balaban J connectivity index is 1.47. The maximum absolute atomic E-state index is 13.8. The Kier molecular flexibility index (Phi) is 6.60. The van der Waals surface area contributed by atoms with Gasteiger partial charge in [0, 0.05) is 5.56 Å². The molecule has 0 spiro atoms. The van der Waals surface area contributed by atoms with Crippen LogP contribution in [0.5, 0.6) is 11.5 Å². The number of nitrogens with zero attached hydrogens (tertiary/aromatic N) is 2. The number of rotatable bonds is 5. The molecule has 9 heteroatoms. The van der Waals surface area contributed by atoms with Crippen molar-refractivity contribution in [1.82, 2.24) is 4.57 Å². The van der Waals surface area contributed by atoms with Crippen LogP contribution in [-0.2, 0) is 27.5 Å². The molecule has 6 rings (SSSR count). The zero-order valence-electron chi connectivity index (χ0n) is 21.0. The number of carbonyl (C=O) groups is 1. The summed E-state index contributed by atoms with van der Waals surface area (Å²) in [5, 5.41) is 9.62. The molecule has 1 unspecified atom stereocenters. The summed E-state index contributed by atoms with van der Waals surface area (Å²) in [5.41, 5.74) is 3.70. The van der Waals surface area contributed by atoms with Crippen LogP contribution in [0.15, 0.2) is 93.9 Å². The van der Waals surface area contributed by atoms with E-state index in [1.165, 1.54) is 11.3 Å². The minimum atomic E-state index is -0.761. The third-order valence-corrected chi connectivity index (χ3v) is 7.59. The molecule has 2 aliphatic rings. The summed E-state index contributed by atoms with van der Waals surface area (Å²) >= 11 is 1.24. The van der Waals surface area contributed by atoms with Gasteiger partial charge in [-0.25, -0.2) is 9.79 Å². The third kappa shape index (κ3) is 4.89. The van der Waals surface area contributed by atoms with Gasteiger partial charge in [0.25, 0.3) is 5.56 Å². The molecule has 0 saturated carbocycles. The van der Waals surface area contributed by atoms with E-state index in [9.17, 15) is 14.7 Å². The van der Waals surface area contributed by atoms with Crippen LogP contribution in [0.3, 0.4) is 0 Å². The smallest absolute Gasteiger partial charge is 0.338 e. The van der Waals surface area contributed by atoms with Gasteiger partial charge in [-0.3, -0.25) is 9.36 Å². The molecule has 39 heavy (non-hydrogen) atoms. The number of thiazole rings is 1. The second kappa shape index (κ2) is 10.4. The highest BCUT2D eigenvalue weighted by molar-refractivity contribution is 7.07. The van der Waals surface area contributed by atoms with Crippen LogP contribution in [0.1, 0.15) is 35.2 Å². The lowest BCUT2D eigenvalue weighted by Gasteiger charge is -2.26. The van der Waals surface area contributed by atoms with Crippen molar-refractivity contribution in [3.8, 4) is 11.5 Å². The highest BCUT2D eigenvalue weighted by Gasteiger charge is 2.34. The average molecular weight is 541 g/mol. The summed E-state index contributed by atoms with van der Waals surface area (Å²) in [6.07, 6.45) is 1.75. The lowest BCUT2D eigenvalue weighted by Crippen LogP contribution is -2.40. The topological polar surface area (TPSA) is 99.4 Å². The maximum Gasteiger partial charge on any atom is 0.338 e. The molecule has 0 bridgehead atoms. The van der Waals surface area contributed by atoms with Crippen molar-refractivity contribution in [1.29, 1.82) is 0 Å². The fourth-order valence-electron chi connectivity index (χ4n) is 4.67. The minimum Gasteiger partial charge on any atom is -0.508 e. The molecule has 0 amide bonds. The van der Waals surface area contributed by atoms with Crippen molar-refractivity contribution in [2.45, 2.75) is 26.2 Å². The zero-order chi connectivity index (χ0) is 26.9. The van der Waals surface area contributed by atoms with Gasteiger partial charge in [0.15, 0.2) is 11.6 Å². The summed E-state index contributed by atoms with van der Waals surface area (Å²) in [6.45, 7) is 2.41. The Morgan fingerprint density at radius 2 is 1.95 bits per heavy atom. The van der Waals surface area contributed by atoms with Gasteiger partial charge < -0.3 is 19.3 Å². The summed E-state index contributed by atoms with van der Waals surface area (Å²) in [4.78, 5) is 32.5. The molecule has 1 N–H and O–H groups in total. The highest BCUT2D eigenvalue weighted by atomic mass is 32.1. The Hall–Kier alpha value is -4.47. The number of ether oxygens (including phenoxy) is 3. The molecular formula is C30H24N2O6S. The molecule has 0 aliphatic carbocycles. The van der Waals surface area contributed by atoms with E-state index in [1.807, 2.05) is 48.5 Å². The van der Waals surface area contributed by atoms with E-state index < -0.39 is 12.0 Å². The van der Waals surface area contributed by atoms with Gasteiger partial charge in [0.1, 0.15) is 18.1 Å². The summed E-state index contributed by atoms with van der Waals surface area (Å²) in [6, 6.07) is 20.9. The van der Waals surface area contributed by atoms with E-state index in [2.05, 4.69) is 4.99 Å². The van der Waals surface area contributed by atoms with Crippen LogP contribution in [0.25, 0.3) is 6.08 Å². The number of carbonyl (C=O) groups excluding carboxylic acids is 1. The Morgan fingerprint density at radius 3 is 2.74 bits per heavy atom. The Bertz CT molecular complexity index is 1770. The molecule has 4 aromatic rings. The van der Waals surface area contributed by atoms with Crippen molar-refractivity contribution < 1.29 is 24.1 Å². The number of aromatic nitrogens is 1. The van der Waals surface area contributed by atoms with E-state index in [-0.39, 0.29) is 24.7 Å². The average Bonchev–Trinajstić information content (AvgIpc) is 3.26. The maximum atomic E-state index is 13.8. The first-order valence-electron chi connectivity index (χ1n) is 12.3. The van der Waals surface area contributed by atoms with Crippen molar-refractivity contribution in [2.24, 2.45) is 4.99 Å². The number of phenols is 1. The first kappa shape index (κ1) is 24.8. The molecule has 3 aromatic carbocycles. The molecule has 1 atom stereocenters. The van der Waals surface area contributed by atoms with E-state index in [1.54, 1.807) is 41.8 Å². The molecular weight excluding hydrogens is 516 g/mol. The quantitative estimate of drug-likeness (QED) is 0.389. The van der Waals surface area contributed by atoms with Gasteiger partial charge in [-0.05, 0) is 47.9 Å². The number of benzene rings is 3. The SMILES string of the molecule is CC1=C(C(=O)OCc2ccccc2)C(c2ccc3c(c2)OCOC3)n2c(s/c(=C\c3ccc(O)cc3)c2=O)=N1. The summed E-state index contributed by atoms with van der Waals surface area (Å²) in [5.74, 6) is 0.249. The van der Waals surface area contributed by atoms with Crippen LogP contribution in [0.2, 0.25) is 0 Å². The molecule has 0 fully saturated rings. The number of allylic oxidation sites excluding steroid dienone is 1. The van der Waals surface area contributed by atoms with Gasteiger partial charge in [-0.1, -0.05) is 65.9 Å².